The SMILES string of the molecule is NC(=O)COCCNS(=O)(=O)c1cc(C(=O)O)oc1Br. The molecule has 112 valence electrons. The average Bonchev–Trinajstić information content (AvgIpc) is 2.71. The number of carbonyl (C=O) groups excluding carboxylic acids is 1. The molecule has 0 saturated carbocycles. The molecular formula is C9H11BrN2O7S. The molecule has 0 aromatic carbocycles. The lowest BCUT2D eigenvalue weighted by molar-refractivity contribution is -0.122. The summed E-state index contributed by atoms with van der Waals surface area (Å²) in [5.74, 6) is -2.57. The molecule has 0 unspecified atom stereocenters. The number of nitrogens with one attached hydrogen (secondary N) is 1. The molecule has 1 rings (SSSR count). The zero-order valence-electron chi connectivity index (χ0n) is 9.96. The molecule has 1 heterocycles. The molecule has 0 atom stereocenters. The van der Waals surface area contributed by atoms with Crippen molar-refractivity contribution >= 4 is 37.8 Å². The lowest BCUT2D eigenvalue weighted by Crippen LogP contribution is -2.29. The first-order chi connectivity index (χ1) is 9.24. The Morgan fingerprint density at radius 3 is 2.65 bits per heavy atom. The zero-order chi connectivity index (χ0) is 15.3. The molecule has 0 spiro atoms. The quantitative estimate of drug-likeness (QED) is 0.523. The Morgan fingerprint density at radius 2 is 2.15 bits per heavy atom. The number of ether oxygens (including phenoxy) is 1. The van der Waals surface area contributed by atoms with Crippen molar-refractivity contribution in [2.75, 3.05) is 19.8 Å². The van der Waals surface area contributed by atoms with Crippen LogP contribution in [0.15, 0.2) is 20.0 Å². The Hall–Kier alpha value is -1.43. The summed E-state index contributed by atoms with van der Waals surface area (Å²) < 4.78 is 35.1. The molecule has 11 heteroatoms. The van der Waals surface area contributed by atoms with E-state index in [2.05, 4.69) is 20.7 Å². The van der Waals surface area contributed by atoms with E-state index in [4.69, 9.17) is 20.0 Å². The van der Waals surface area contributed by atoms with E-state index in [1.54, 1.807) is 0 Å². The van der Waals surface area contributed by atoms with Crippen LogP contribution in [-0.4, -0.2) is 45.2 Å². The van der Waals surface area contributed by atoms with Gasteiger partial charge in [-0.2, -0.15) is 0 Å². The summed E-state index contributed by atoms with van der Waals surface area (Å²) in [7, 11) is -3.95. The number of carboxylic acids is 1. The minimum absolute atomic E-state index is 0.0660. The number of nitrogens with two attached hydrogens (primary N) is 1. The minimum atomic E-state index is -3.95. The molecule has 0 saturated heterocycles. The van der Waals surface area contributed by atoms with Gasteiger partial charge >= 0.3 is 5.97 Å². The Bertz CT molecular complexity index is 610. The number of furan rings is 1. The fourth-order valence-corrected chi connectivity index (χ4v) is 3.09. The van der Waals surface area contributed by atoms with Crippen LogP contribution in [0.3, 0.4) is 0 Å². The number of carboxylic acid groups (broad SMARTS) is 1. The molecule has 4 N–H and O–H groups in total. The van der Waals surface area contributed by atoms with Gasteiger partial charge in [0.2, 0.25) is 21.7 Å². The van der Waals surface area contributed by atoms with E-state index < -0.39 is 27.7 Å². The highest BCUT2D eigenvalue weighted by Gasteiger charge is 2.24. The standard InChI is InChI=1S/C9H11BrN2O7S/c10-8-6(3-5(19-8)9(14)15)20(16,17)12-1-2-18-4-7(11)13/h3,12H,1-2,4H2,(H2,11,13)(H,14,15). The molecule has 0 fully saturated rings. The van der Waals surface area contributed by atoms with Gasteiger partial charge in [0.05, 0.1) is 6.61 Å². The number of primary amides is 1. The number of aromatic carboxylic acids is 1. The van der Waals surface area contributed by atoms with Crippen LogP contribution in [0.4, 0.5) is 0 Å². The minimum Gasteiger partial charge on any atom is -0.475 e. The first kappa shape index (κ1) is 16.6. The topological polar surface area (TPSA) is 149 Å². The molecule has 1 aromatic heterocycles. The lowest BCUT2D eigenvalue weighted by Gasteiger charge is -2.05. The molecule has 1 amide bonds. The van der Waals surface area contributed by atoms with E-state index in [9.17, 15) is 18.0 Å². The van der Waals surface area contributed by atoms with E-state index in [1.165, 1.54) is 0 Å². The van der Waals surface area contributed by atoms with Gasteiger partial charge in [-0.05, 0) is 15.9 Å². The first-order valence-corrected chi connectivity index (χ1v) is 7.40. The largest absolute Gasteiger partial charge is 0.475 e. The first-order valence-electron chi connectivity index (χ1n) is 5.12. The Labute approximate surface area is 122 Å². The second-order valence-electron chi connectivity index (χ2n) is 3.47. The van der Waals surface area contributed by atoms with E-state index in [0.29, 0.717) is 0 Å². The maximum Gasteiger partial charge on any atom is 0.371 e. The lowest BCUT2D eigenvalue weighted by atomic mass is 10.5. The Morgan fingerprint density at radius 1 is 1.50 bits per heavy atom. The van der Waals surface area contributed by atoms with Crippen molar-refractivity contribution in [3.05, 3.63) is 16.5 Å². The van der Waals surface area contributed by atoms with Crippen LogP contribution < -0.4 is 10.5 Å². The normalized spacial score (nSPS) is 11.4. The van der Waals surface area contributed by atoms with Gasteiger partial charge in [-0.15, -0.1) is 0 Å². The highest BCUT2D eigenvalue weighted by atomic mass is 79.9. The van der Waals surface area contributed by atoms with Crippen LogP contribution in [0, 0.1) is 0 Å². The third-order valence-corrected chi connectivity index (χ3v) is 4.26. The number of amides is 1. The van der Waals surface area contributed by atoms with Gasteiger partial charge in [0.25, 0.3) is 0 Å². The van der Waals surface area contributed by atoms with Crippen LogP contribution in [0.5, 0.6) is 0 Å². The van der Waals surface area contributed by atoms with E-state index in [0.717, 1.165) is 6.07 Å². The summed E-state index contributed by atoms with van der Waals surface area (Å²) >= 11 is 2.82. The molecule has 1 aromatic rings. The van der Waals surface area contributed by atoms with Crippen molar-refractivity contribution in [2.45, 2.75) is 4.90 Å². The van der Waals surface area contributed by atoms with Crippen molar-refractivity contribution in [1.82, 2.24) is 4.72 Å². The van der Waals surface area contributed by atoms with Crippen molar-refractivity contribution in [2.24, 2.45) is 5.73 Å². The molecule has 0 bridgehead atoms. The average molecular weight is 371 g/mol. The molecular weight excluding hydrogens is 360 g/mol. The number of sulfonamides is 1. The molecule has 0 aliphatic heterocycles. The summed E-state index contributed by atoms with van der Waals surface area (Å²) in [4.78, 5) is 20.7. The van der Waals surface area contributed by atoms with Gasteiger partial charge in [0, 0.05) is 12.6 Å². The van der Waals surface area contributed by atoms with Gasteiger partial charge in [-0.25, -0.2) is 17.9 Å². The third-order valence-electron chi connectivity index (χ3n) is 1.94. The predicted octanol–water partition coefficient (Wildman–Crippen LogP) is -0.480. The highest BCUT2D eigenvalue weighted by molar-refractivity contribution is 9.10. The monoisotopic (exact) mass is 370 g/mol. The molecule has 0 radical (unpaired) electrons. The van der Waals surface area contributed by atoms with Crippen LogP contribution >= 0.6 is 15.9 Å². The van der Waals surface area contributed by atoms with Gasteiger partial charge in [-0.3, -0.25) is 4.79 Å². The fourth-order valence-electron chi connectivity index (χ4n) is 1.14. The maximum atomic E-state index is 11.8. The van der Waals surface area contributed by atoms with E-state index in [-0.39, 0.29) is 29.3 Å². The number of hydrogen-bond donors (Lipinski definition) is 3. The summed E-state index contributed by atoms with van der Waals surface area (Å²) in [5.41, 5.74) is 4.83. The van der Waals surface area contributed by atoms with Gasteiger partial charge in [0.1, 0.15) is 11.5 Å². The Kier molecular flexibility index (Phi) is 5.68. The molecule has 0 aliphatic carbocycles. The third kappa shape index (κ3) is 4.59. The van der Waals surface area contributed by atoms with Crippen molar-refractivity contribution in [1.29, 1.82) is 0 Å². The van der Waals surface area contributed by atoms with Crippen molar-refractivity contribution < 1.29 is 32.3 Å². The van der Waals surface area contributed by atoms with E-state index in [1.807, 2.05) is 0 Å². The van der Waals surface area contributed by atoms with Crippen molar-refractivity contribution in [3.63, 3.8) is 0 Å². The number of carbonyl (C=O) groups is 2. The zero-order valence-corrected chi connectivity index (χ0v) is 12.4. The Balaban J connectivity index is 2.65. The van der Waals surface area contributed by atoms with Crippen LogP contribution in [0.2, 0.25) is 0 Å². The number of hydrogen-bond acceptors (Lipinski definition) is 6. The van der Waals surface area contributed by atoms with Crippen LogP contribution in [0.25, 0.3) is 0 Å². The fraction of sp³-hybridized carbons (Fsp3) is 0.333. The summed E-state index contributed by atoms with van der Waals surface area (Å²) in [6, 6.07) is 0.874. The highest BCUT2D eigenvalue weighted by Crippen LogP contribution is 2.25. The van der Waals surface area contributed by atoms with Crippen LogP contribution in [0.1, 0.15) is 10.6 Å². The predicted molar refractivity (Wildman–Crippen MR) is 68.6 cm³/mol. The van der Waals surface area contributed by atoms with Gasteiger partial charge < -0.3 is 20.0 Å². The molecule has 0 aliphatic rings. The summed E-state index contributed by atoms with van der Waals surface area (Å²) in [6.45, 7) is -0.501. The van der Waals surface area contributed by atoms with Gasteiger partial charge in [0.15, 0.2) is 4.67 Å². The van der Waals surface area contributed by atoms with Crippen LogP contribution in [-0.2, 0) is 19.6 Å². The summed E-state index contributed by atoms with van der Waals surface area (Å²) in [6.07, 6.45) is 0. The second kappa shape index (κ2) is 6.83. The number of halogens is 1. The number of rotatable bonds is 8. The second-order valence-corrected chi connectivity index (χ2v) is 5.93. The van der Waals surface area contributed by atoms with Gasteiger partial charge in [-0.1, -0.05) is 0 Å². The van der Waals surface area contributed by atoms with Crippen molar-refractivity contribution in [3.8, 4) is 0 Å². The van der Waals surface area contributed by atoms with E-state index >= 15 is 0 Å². The maximum absolute atomic E-state index is 11.8. The summed E-state index contributed by atoms with van der Waals surface area (Å²) in [5, 5.41) is 8.69. The molecule has 9 nitrogen and oxygen atoms in total. The molecule has 20 heavy (non-hydrogen) atoms. The smallest absolute Gasteiger partial charge is 0.371 e.